The van der Waals surface area contributed by atoms with Crippen LogP contribution >= 0.6 is 0 Å². The number of anilines is 1. The number of aromatic nitrogens is 4. The number of rotatable bonds is 4. The number of nitrogens with zero attached hydrogens (tertiary/aromatic N) is 5. The van der Waals surface area contributed by atoms with Crippen LogP contribution in [-0.2, 0) is 11.2 Å². The van der Waals surface area contributed by atoms with E-state index in [1.165, 1.54) is 0 Å². The van der Waals surface area contributed by atoms with E-state index in [0.717, 1.165) is 29.9 Å². The van der Waals surface area contributed by atoms with Gasteiger partial charge in [0.1, 0.15) is 11.5 Å². The van der Waals surface area contributed by atoms with Crippen molar-refractivity contribution < 1.29 is 4.79 Å². The molecule has 1 aliphatic rings. The van der Waals surface area contributed by atoms with E-state index in [1.54, 1.807) is 18.6 Å². The van der Waals surface area contributed by atoms with Crippen molar-refractivity contribution in [3.63, 3.8) is 0 Å². The van der Waals surface area contributed by atoms with Gasteiger partial charge in [-0.2, -0.15) is 0 Å². The lowest BCUT2D eigenvalue weighted by molar-refractivity contribution is -0.117. The Morgan fingerprint density at radius 3 is 2.64 bits per heavy atom. The van der Waals surface area contributed by atoms with Gasteiger partial charge in [-0.15, -0.1) is 0 Å². The molecule has 22 heavy (non-hydrogen) atoms. The molecular weight excluding hydrogens is 278 g/mol. The van der Waals surface area contributed by atoms with Crippen molar-refractivity contribution in [1.82, 2.24) is 19.9 Å². The fraction of sp³-hybridized carbons (Fsp3) is 0.438. The zero-order valence-corrected chi connectivity index (χ0v) is 13.1. The third-order valence-electron chi connectivity index (χ3n) is 4.12. The highest BCUT2D eigenvalue weighted by atomic mass is 16.2. The second-order valence-electron chi connectivity index (χ2n) is 5.44. The van der Waals surface area contributed by atoms with Crippen LogP contribution in [0.3, 0.4) is 0 Å². The van der Waals surface area contributed by atoms with Crippen molar-refractivity contribution in [3.8, 4) is 11.5 Å². The second kappa shape index (κ2) is 5.79. The van der Waals surface area contributed by atoms with Gasteiger partial charge >= 0.3 is 0 Å². The topological polar surface area (TPSA) is 71.9 Å². The highest BCUT2D eigenvalue weighted by Gasteiger charge is 2.35. The lowest BCUT2D eigenvalue weighted by atomic mass is 10.1. The maximum Gasteiger partial charge on any atom is 0.233 e. The molecule has 1 aliphatic heterocycles. The number of hydrogen-bond donors (Lipinski definition) is 0. The van der Waals surface area contributed by atoms with E-state index in [2.05, 4.69) is 33.8 Å². The third-order valence-corrected chi connectivity index (χ3v) is 4.12. The first-order chi connectivity index (χ1) is 10.7. The Hall–Kier alpha value is -2.37. The highest BCUT2D eigenvalue weighted by Crippen LogP contribution is 2.33. The Balaban J connectivity index is 2.11. The van der Waals surface area contributed by atoms with Gasteiger partial charge in [0.25, 0.3) is 0 Å². The average molecular weight is 297 g/mol. The number of hydrogen-bond acceptors (Lipinski definition) is 5. The molecule has 6 heteroatoms. The van der Waals surface area contributed by atoms with Gasteiger partial charge in [0.2, 0.25) is 5.91 Å². The molecule has 3 heterocycles. The van der Waals surface area contributed by atoms with Crippen LogP contribution in [-0.4, -0.2) is 31.9 Å². The van der Waals surface area contributed by atoms with Crippen molar-refractivity contribution in [2.75, 3.05) is 4.90 Å². The van der Waals surface area contributed by atoms with Gasteiger partial charge in [-0.1, -0.05) is 13.8 Å². The van der Waals surface area contributed by atoms with Crippen LogP contribution in [0, 0.1) is 6.92 Å². The van der Waals surface area contributed by atoms with Crippen LogP contribution < -0.4 is 4.90 Å². The molecule has 114 valence electrons. The molecule has 0 fully saturated rings. The summed E-state index contributed by atoms with van der Waals surface area (Å²) in [5.41, 5.74) is 2.40. The first-order valence-corrected chi connectivity index (χ1v) is 7.61. The number of fused-ring (bicyclic) bond motifs is 1. The minimum Gasteiger partial charge on any atom is -0.293 e. The molecule has 0 atom stereocenters. The summed E-state index contributed by atoms with van der Waals surface area (Å²) in [6, 6.07) is 0.178. The summed E-state index contributed by atoms with van der Waals surface area (Å²) < 4.78 is 0. The maximum absolute atomic E-state index is 12.4. The number of carbonyl (C=O) groups is 1. The van der Waals surface area contributed by atoms with Crippen LogP contribution in [0.4, 0.5) is 5.82 Å². The van der Waals surface area contributed by atoms with Crippen molar-refractivity contribution in [2.45, 2.75) is 46.1 Å². The van der Waals surface area contributed by atoms with Gasteiger partial charge < -0.3 is 0 Å². The Morgan fingerprint density at radius 2 is 2.00 bits per heavy atom. The SMILES string of the molecule is CCC(CC)N1C(=O)Cc2c(C)nc(-c3cnccn3)nc21. The van der Waals surface area contributed by atoms with Gasteiger partial charge in [-0.3, -0.25) is 14.7 Å². The normalized spacial score (nSPS) is 13.8. The summed E-state index contributed by atoms with van der Waals surface area (Å²) in [5, 5.41) is 0. The Kier molecular flexibility index (Phi) is 3.83. The molecule has 6 nitrogen and oxygen atoms in total. The molecule has 3 rings (SSSR count). The summed E-state index contributed by atoms with van der Waals surface area (Å²) in [6.07, 6.45) is 7.07. The molecule has 0 saturated carbocycles. The molecule has 0 spiro atoms. The Morgan fingerprint density at radius 1 is 1.23 bits per heavy atom. The van der Waals surface area contributed by atoms with E-state index < -0.39 is 0 Å². The van der Waals surface area contributed by atoms with Gasteiger partial charge in [-0.05, 0) is 19.8 Å². The van der Waals surface area contributed by atoms with E-state index in [-0.39, 0.29) is 11.9 Å². The predicted molar refractivity (Wildman–Crippen MR) is 83.4 cm³/mol. The first kappa shape index (κ1) is 14.6. The molecule has 1 amide bonds. The van der Waals surface area contributed by atoms with E-state index in [4.69, 9.17) is 0 Å². The quantitative estimate of drug-likeness (QED) is 0.866. The van der Waals surface area contributed by atoms with Crippen molar-refractivity contribution in [3.05, 3.63) is 29.8 Å². The zero-order valence-electron chi connectivity index (χ0n) is 13.1. The van der Waals surface area contributed by atoms with Crippen molar-refractivity contribution >= 4 is 11.7 Å². The molecule has 0 saturated heterocycles. The minimum absolute atomic E-state index is 0.109. The van der Waals surface area contributed by atoms with Crippen LogP contribution in [0.5, 0.6) is 0 Å². The minimum atomic E-state index is 0.109. The second-order valence-corrected chi connectivity index (χ2v) is 5.44. The molecule has 0 aliphatic carbocycles. The average Bonchev–Trinajstić information content (AvgIpc) is 2.87. The van der Waals surface area contributed by atoms with Gasteiger partial charge in [-0.25, -0.2) is 15.0 Å². The summed E-state index contributed by atoms with van der Waals surface area (Å²) in [4.78, 5) is 31.7. The van der Waals surface area contributed by atoms with Gasteiger partial charge in [0, 0.05) is 29.7 Å². The molecule has 2 aromatic rings. The van der Waals surface area contributed by atoms with E-state index in [1.807, 2.05) is 11.8 Å². The zero-order chi connectivity index (χ0) is 15.7. The lowest BCUT2D eigenvalue weighted by Gasteiger charge is -2.26. The summed E-state index contributed by atoms with van der Waals surface area (Å²) in [5.74, 6) is 1.37. The van der Waals surface area contributed by atoms with Gasteiger partial charge in [0.05, 0.1) is 12.6 Å². The summed E-state index contributed by atoms with van der Waals surface area (Å²) in [7, 11) is 0. The van der Waals surface area contributed by atoms with Gasteiger partial charge in [0.15, 0.2) is 5.82 Å². The Bertz CT molecular complexity index is 697. The third kappa shape index (κ3) is 2.34. The molecule has 0 radical (unpaired) electrons. The van der Waals surface area contributed by atoms with E-state index in [0.29, 0.717) is 17.9 Å². The Labute approximate surface area is 129 Å². The van der Waals surface area contributed by atoms with Crippen LogP contribution in [0.2, 0.25) is 0 Å². The summed E-state index contributed by atoms with van der Waals surface area (Å²) in [6.45, 7) is 6.11. The predicted octanol–water partition coefficient (Wildman–Crippen LogP) is 2.32. The molecule has 0 N–H and O–H groups in total. The van der Waals surface area contributed by atoms with E-state index >= 15 is 0 Å². The maximum atomic E-state index is 12.4. The number of carbonyl (C=O) groups excluding carboxylic acids is 1. The standard InChI is InChI=1S/C16H19N5O/c1-4-11(5-2)21-14(22)8-12-10(3)19-15(20-16(12)21)13-9-17-6-7-18-13/h6-7,9,11H,4-5,8H2,1-3H3. The first-order valence-electron chi connectivity index (χ1n) is 7.61. The van der Waals surface area contributed by atoms with E-state index in [9.17, 15) is 4.79 Å². The molecule has 0 aromatic carbocycles. The van der Waals surface area contributed by atoms with Crippen LogP contribution in [0.25, 0.3) is 11.5 Å². The van der Waals surface area contributed by atoms with Crippen LogP contribution in [0.15, 0.2) is 18.6 Å². The number of amides is 1. The van der Waals surface area contributed by atoms with Crippen molar-refractivity contribution in [1.29, 1.82) is 0 Å². The lowest BCUT2D eigenvalue weighted by Crippen LogP contribution is -2.37. The molecule has 2 aromatic heterocycles. The highest BCUT2D eigenvalue weighted by molar-refractivity contribution is 6.01. The van der Waals surface area contributed by atoms with Crippen molar-refractivity contribution in [2.24, 2.45) is 0 Å². The molecular formula is C16H19N5O. The fourth-order valence-corrected chi connectivity index (χ4v) is 2.90. The monoisotopic (exact) mass is 297 g/mol. The fourth-order valence-electron chi connectivity index (χ4n) is 2.90. The summed E-state index contributed by atoms with van der Waals surface area (Å²) >= 11 is 0. The largest absolute Gasteiger partial charge is 0.293 e. The molecule has 0 unspecified atom stereocenters. The van der Waals surface area contributed by atoms with Crippen LogP contribution in [0.1, 0.15) is 37.9 Å². The smallest absolute Gasteiger partial charge is 0.233 e. The molecule has 0 bridgehead atoms. The number of aryl methyl sites for hydroxylation is 1.